The molecule has 6 nitrogen and oxygen atoms in total. The van der Waals surface area contributed by atoms with Crippen molar-refractivity contribution in [3.05, 3.63) is 57.1 Å². The highest BCUT2D eigenvalue weighted by molar-refractivity contribution is 6.42. The van der Waals surface area contributed by atoms with Gasteiger partial charge in [-0.25, -0.2) is 0 Å². The zero-order chi connectivity index (χ0) is 20.9. The summed E-state index contributed by atoms with van der Waals surface area (Å²) in [6, 6.07) is 5.09. The molecule has 0 bridgehead atoms. The van der Waals surface area contributed by atoms with Gasteiger partial charge in [0.25, 0.3) is 0 Å². The van der Waals surface area contributed by atoms with Crippen LogP contribution >= 0.6 is 23.2 Å². The summed E-state index contributed by atoms with van der Waals surface area (Å²) in [5.74, 6) is -0.888. The molecule has 5 rings (SSSR count). The molecule has 2 unspecified atom stereocenters. The Balaban J connectivity index is 1.40. The van der Waals surface area contributed by atoms with Crippen LogP contribution in [0, 0.1) is 0 Å². The summed E-state index contributed by atoms with van der Waals surface area (Å²) in [7, 11) is 0. The lowest BCUT2D eigenvalue weighted by Gasteiger charge is -2.50. The fraction of sp³-hybridized carbons (Fsp3) is 0.545. The average Bonchev–Trinajstić information content (AvgIpc) is 3.22. The van der Waals surface area contributed by atoms with Crippen LogP contribution in [0.5, 0.6) is 0 Å². The van der Waals surface area contributed by atoms with E-state index >= 15 is 0 Å². The molecule has 4 aliphatic rings. The zero-order valence-corrected chi connectivity index (χ0v) is 17.8. The topological polar surface area (TPSA) is 77.4 Å². The quantitative estimate of drug-likeness (QED) is 0.725. The fourth-order valence-electron chi connectivity index (χ4n) is 4.66. The molecule has 3 fully saturated rings. The average molecular weight is 455 g/mol. The Bertz CT molecular complexity index is 886. The van der Waals surface area contributed by atoms with Crippen molar-refractivity contribution in [3.8, 4) is 0 Å². The first-order valence-corrected chi connectivity index (χ1v) is 11.0. The number of allylic oxidation sites excluding steroid dienone is 2. The largest absolute Gasteiger partial charge is 0.394 e. The molecule has 2 saturated heterocycles. The van der Waals surface area contributed by atoms with Crippen molar-refractivity contribution < 1.29 is 29.2 Å². The predicted octanol–water partition coefficient (Wildman–Crippen LogP) is 3.68. The number of ether oxygens (including phenoxy) is 4. The van der Waals surface area contributed by atoms with Crippen LogP contribution in [0.25, 0.3) is 0 Å². The summed E-state index contributed by atoms with van der Waals surface area (Å²) in [6.45, 7) is -0.169. The van der Waals surface area contributed by atoms with E-state index in [1.165, 1.54) is 11.1 Å². The lowest BCUT2D eigenvalue weighted by Crippen LogP contribution is -2.62. The van der Waals surface area contributed by atoms with Crippen molar-refractivity contribution in [1.29, 1.82) is 0 Å². The van der Waals surface area contributed by atoms with E-state index in [1.807, 2.05) is 0 Å². The predicted molar refractivity (Wildman–Crippen MR) is 110 cm³/mol. The Kier molecular flexibility index (Phi) is 5.71. The molecule has 30 heavy (non-hydrogen) atoms. The van der Waals surface area contributed by atoms with Crippen molar-refractivity contribution in [2.24, 2.45) is 0 Å². The number of aliphatic hydroxyl groups excluding tert-OH is 2. The van der Waals surface area contributed by atoms with E-state index < -0.39 is 43.1 Å². The monoisotopic (exact) mass is 454 g/mol. The van der Waals surface area contributed by atoms with E-state index in [4.69, 9.17) is 42.1 Å². The lowest BCUT2D eigenvalue weighted by atomic mass is 9.93. The van der Waals surface area contributed by atoms with Gasteiger partial charge in [-0.2, -0.15) is 0 Å². The highest BCUT2D eigenvalue weighted by Crippen LogP contribution is 2.45. The van der Waals surface area contributed by atoms with E-state index in [9.17, 15) is 10.2 Å². The first-order chi connectivity index (χ1) is 14.5. The van der Waals surface area contributed by atoms with Gasteiger partial charge in [-0.3, -0.25) is 0 Å². The third-order valence-electron chi connectivity index (χ3n) is 6.21. The number of fused-ring (bicyclic) bond motifs is 2. The van der Waals surface area contributed by atoms with Crippen LogP contribution in [-0.2, 0) is 18.9 Å². The number of rotatable bonds is 3. The van der Waals surface area contributed by atoms with E-state index in [0.29, 0.717) is 22.0 Å². The molecular weight excluding hydrogens is 431 g/mol. The first-order valence-electron chi connectivity index (χ1n) is 10.3. The van der Waals surface area contributed by atoms with Gasteiger partial charge in [0.05, 0.1) is 23.3 Å². The summed E-state index contributed by atoms with van der Waals surface area (Å²) in [6.07, 6.45) is 4.34. The minimum Gasteiger partial charge on any atom is -0.394 e. The van der Waals surface area contributed by atoms with E-state index in [-0.39, 0.29) is 6.61 Å². The lowest BCUT2D eigenvalue weighted by molar-refractivity contribution is -0.390. The van der Waals surface area contributed by atoms with Gasteiger partial charge in [-0.05, 0) is 48.6 Å². The van der Waals surface area contributed by atoms with Gasteiger partial charge < -0.3 is 29.2 Å². The summed E-state index contributed by atoms with van der Waals surface area (Å²) in [4.78, 5) is 0. The second-order valence-corrected chi connectivity index (χ2v) is 9.01. The molecule has 6 atom stereocenters. The molecule has 2 heterocycles. The molecule has 8 heteroatoms. The Hall–Kier alpha value is -0.960. The molecule has 2 N–H and O–H groups in total. The van der Waals surface area contributed by atoms with Crippen LogP contribution in [0.3, 0.4) is 0 Å². The first kappa shape index (κ1) is 20.9. The molecule has 1 spiro atoms. The Labute approximate surface area is 185 Å². The number of hydrogen-bond acceptors (Lipinski definition) is 6. The number of benzene rings is 1. The molecule has 1 aromatic carbocycles. The van der Waals surface area contributed by atoms with Gasteiger partial charge in [-0.1, -0.05) is 35.3 Å². The molecular formula is C22H24Cl2O6. The van der Waals surface area contributed by atoms with Gasteiger partial charge in [0.15, 0.2) is 12.1 Å². The molecule has 2 aliphatic carbocycles. The van der Waals surface area contributed by atoms with Crippen molar-refractivity contribution in [3.63, 3.8) is 0 Å². The van der Waals surface area contributed by atoms with Crippen LogP contribution in [0.1, 0.15) is 37.5 Å². The standard InChI is InChI=1S/C22H24Cl2O6/c23-15-5-4-13(8-16(15)24)21-28-18-11-27-22(7-6-12-2-1-3-14(12)9-22)30-20(18)19(29-21)17(26)10-25/h4-6,8-9,17-21,25-26H,1-3,7,10-11H2/t17-,18+,19-,20-,21?,22?/m1/s1. The number of hydrogen-bond donors (Lipinski definition) is 2. The normalized spacial score (nSPS) is 36.7. The van der Waals surface area contributed by atoms with E-state index in [0.717, 1.165) is 19.3 Å². The zero-order valence-electron chi connectivity index (χ0n) is 16.3. The van der Waals surface area contributed by atoms with Crippen molar-refractivity contribution >= 4 is 23.2 Å². The summed E-state index contributed by atoms with van der Waals surface area (Å²) in [5, 5.41) is 20.9. The van der Waals surface area contributed by atoms with Crippen molar-refractivity contribution in [2.45, 2.75) is 62.2 Å². The maximum atomic E-state index is 10.5. The molecule has 1 saturated carbocycles. The Morgan fingerprint density at radius 1 is 1.13 bits per heavy atom. The molecule has 1 aromatic rings. The number of aliphatic hydroxyl groups is 2. The third-order valence-corrected chi connectivity index (χ3v) is 6.95. The summed E-state index contributed by atoms with van der Waals surface area (Å²) < 4.78 is 24.7. The van der Waals surface area contributed by atoms with Gasteiger partial charge in [0, 0.05) is 12.0 Å². The fourth-order valence-corrected chi connectivity index (χ4v) is 4.96. The van der Waals surface area contributed by atoms with Gasteiger partial charge >= 0.3 is 0 Å². The highest BCUT2D eigenvalue weighted by Gasteiger charge is 2.52. The van der Waals surface area contributed by atoms with Crippen LogP contribution in [0.15, 0.2) is 41.5 Å². The van der Waals surface area contributed by atoms with E-state index in [2.05, 4.69) is 12.2 Å². The van der Waals surface area contributed by atoms with Crippen LogP contribution in [-0.4, -0.2) is 53.6 Å². The van der Waals surface area contributed by atoms with E-state index in [1.54, 1.807) is 18.2 Å². The van der Waals surface area contributed by atoms with Crippen molar-refractivity contribution in [1.82, 2.24) is 0 Å². The van der Waals surface area contributed by atoms with Crippen LogP contribution < -0.4 is 0 Å². The molecule has 0 radical (unpaired) electrons. The van der Waals surface area contributed by atoms with Gasteiger partial charge in [-0.15, -0.1) is 0 Å². The second kappa shape index (κ2) is 8.19. The summed E-state index contributed by atoms with van der Waals surface area (Å²) >= 11 is 12.2. The molecule has 0 aromatic heterocycles. The second-order valence-electron chi connectivity index (χ2n) is 8.19. The Morgan fingerprint density at radius 2 is 1.97 bits per heavy atom. The highest BCUT2D eigenvalue weighted by atomic mass is 35.5. The molecule has 2 aliphatic heterocycles. The number of halogens is 2. The van der Waals surface area contributed by atoms with Crippen molar-refractivity contribution in [2.75, 3.05) is 13.2 Å². The molecule has 162 valence electrons. The third kappa shape index (κ3) is 3.74. The smallest absolute Gasteiger partial charge is 0.192 e. The molecule has 0 amide bonds. The van der Waals surface area contributed by atoms with Gasteiger partial charge in [0.1, 0.15) is 24.4 Å². The maximum Gasteiger partial charge on any atom is 0.192 e. The SMILES string of the molecule is OC[C@@H](O)[C@H]1OC(c2ccc(Cl)c(Cl)c2)O[C@H]2COC3(C=C4CCCC4=CC3)O[C@@H]12. The van der Waals surface area contributed by atoms with Gasteiger partial charge in [0.2, 0.25) is 0 Å². The van der Waals surface area contributed by atoms with Crippen LogP contribution in [0.2, 0.25) is 10.0 Å². The minimum absolute atomic E-state index is 0.285. The minimum atomic E-state index is -1.13. The Morgan fingerprint density at radius 3 is 2.77 bits per heavy atom. The van der Waals surface area contributed by atoms with Crippen LogP contribution in [0.4, 0.5) is 0 Å². The summed E-state index contributed by atoms with van der Waals surface area (Å²) in [5.41, 5.74) is 3.31. The maximum absolute atomic E-state index is 10.5.